The summed E-state index contributed by atoms with van der Waals surface area (Å²) in [4.78, 5) is 41.5. The molecule has 1 fully saturated rings. The number of hydrogen-bond donors (Lipinski definition) is 2. The van der Waals surface area contributed by atoms with E-state index in [2.05, 4.69) is 17.2 Å². The van der Waals surface area contributed by atoms with Crippen LogP contribution in [0.15, 0.2) is 35.3 Å². The van der Waals surface area contributed by atoms with Gasteiger partial charge in [-0.1, -0.05) is 19.8 Å². The Morgan fingerprint density at radius 2 is 1.63 bits per heavy atom. The molecule has 2 heterocycles. The van der Waals surface area contributed by atoms with E-state index in [-0.39, 0.29) is 34.6 Å². The third-order valence-corrected chi connectivity index (χ3v) is 9.21. The van der Waals surface area contributed by atoms with Crippen LogP contribution in [-0.4, -0.2) is 46.6 Å². The summed E-state index contributed by atoms with van der Waals surface area (Å²) < 4.78 is 90.5. The number of nitrogens with zero attached hydrogens (tertiary/aromatic N) is 2. The molecule has 1 aliphatic heterocycles. The Bertz CT molecular complexity index is 1910. The predicted octanol–water partition coefficient (Wildman–Crippen LogP) is 7.67. The first kappa shape index (κ1) is 39.2. The monoisotopic (exact) mass is 717 g/mol. The fourth-order valence-corrected chi connectivity index (χ4v) is 6.90. The number of piperidine rings is 1. The molecule has 0 unspecified atom stereocenters. The largest absolute Gasteiger partial charge is 0.481 e. The van der Waals surface area contributed by atoms with Gasteiger partial charge in [-0.3, -0.25) is 14.4 Å². The standard InChI is InChI=1S/C38H41F6N3O4/c1-7-8-24-16-28(40)35(36(41)34(24)33-21(4)14-25(39)15-22(33)5)29(18-32(49)50)45-37(51)30(13-20(2)3)47-19-26(23-9-11-46(6)12-10-23)27(17-31(47)48)38(42,43)44/h14-17,19-20,23,29-30H,9-13,18H2,1-6H3,(H,45,51)(H,49,50)/t29-,30+/m1/s1. The molecule has 7 nitrogen and oxygen atoms in total. The molecule has 0 radical (unpaired) electrons. The summed E-state index contributed by atoms with van der Waals surface area (Å²) in [5.41, 5.74) is -2.68. The number of likely N-dealkylation sites (tertiary alicyclic amines) is 1. The predicted molar refractivity (Wildman–Crippen MR) is 181 cm³/mol. The first-order valence-electron chi connectivity index (χ1n) is 16.6. The summed E-state index contributed by atoms with van der Waals surface area (Å²) in [7, 11) is 1.85. The number of carboxylic acid groups (broad SMARTS) is 1. The lowest BCUT2D eigenvalue weighted by molar-refractivity contribution is -0.139. The van der Waals surface area contributed by atoms with E-state index in [9.17, 15) is 37.1 Å². The maximum Gasteiger partial charge on any atom is 0.416 e. The number of carbonyl (C=O) groups is 2. The maximum atomic E-state index is 16.7. The molecule has 2 N–H and O–H groups in total. The maximum absolute atomic E-state index is 16.7. The van der Waals surface area contributed by atoms with Gasteiger partial charge in [0.05, 0.1) is 18.0 Å². The number of benzene rings is 2. The average Bonchev–Trinajstić information content (AvgIpc) is 3.00. The van der Waals surface area contributed by atoms with E-state index in [0.717, 1.165) is 29.0 Å². The highest BCUT2D eigenvalue weighted by Gasteiger charge is 2.39. The van der Waals surface area contributed by atoms with Crippen molar-refractivity contribution in [2.45, 2.75) is 84.5 Å². The molecule has 0 bridgehead atoms. The van der Waals surface area contributed by atoms with Gasteiger partial charge in [-0.25, -0.2) is 13.2 Å². The van der Waals surface area contributed by atoms with Crippen LogP contribution in [0.3, 0.4) is 0 Å². The minimum absolute atomic E-state index is 0.0705. The minimum Gasteiger partial charge on any atom is -0.481 e. The third-order valence-electron chi connectivity index (χ3n) is 9.21. The molecule has 1 aromatic heterocycles. The molecule has 0 spiro atoms. The molecule has 51 heavy (non-hydrogen) atoms. The number of aliphatic carboxylic acids is 1. The third kappa shape index (κ3) is 8.84. The number of carboxylic acids is 1. The van der Waals surface area contributed by atoms with Gasteiger partial charge in [0.1, 0.15) is 23.5 Å². The lowest BCUT2D eigenvalue weighted by atomic mass is 9.87. The van der Waals surface area contributed by atoms with Gasteiger partial charge in [0.2, 0.25) is 5.91 Å². The van der Waals surface area contributed by atoms with Crippen LogP contribution in [0.1, 0.15) is 97.8 Å². The lowest BCUT2D eigenvalue weighted by Crippen LogP contribution is -2.41. The number of halogens is 6. The first-order valence-corrected chi connectivity index (χ1v) is 16.6. The minimum atomic E-state index is -4.85. The van der Waals surface area contributed by atoms with E-state index in [1.165, 1.54) is 20.8 Å². The van der Waals surface area contributed by atoms with Crippen LogP contribution in [0.2, 0.25) is 0 Å². The van der Waals surface area contributed by atoms with Gasteiger partial charge < -0.3 is 19.9 Å². The van der Waals surface area contributed by atoms with Gasteiger partial charge in [0, 0.05) is 29.0 Å². The summed E-state index contributed by atoms with van der Waals surface area (Å²) in [6.07, 6.45) is -4.09. The number of hydrogen-bond acceptors (Lipinski definition) is 4. The SMILES string of the molecule is CC#Cc1cc(F)c([C@@H](CC(=O)O)NC(=O)[C@H](CC(C)C)n2cc(C3CCN(C)CC3)c(C(F)(F)F)cc2=O)c(F)c1-c1c(C)cc(F)cc1C. The topological polar surface area (TPSA) is 91.6 Å². The van der Waals surface area contributed by atoms with Crippen molar-refractivity contribution >= 4 is 11.9 Å². The fourth-order valence-electron chi connectivity index (χ4n) is 6.90. The van der Waals surface area contributed by atoms with E-state index in [4.69, 9.17) is 0 Å². The quantitative estimate of drug-likeness (QED) is 0.166. The van der Waals surface area contributed by atoms with Gasteiger partial charge in [-0.05, 0) is 112 Å². The van der Waals surface area contributed by atoms with Crippen LogP contribution < -0.4 is 10.9 Å². The average molecular weight is 718 g/mol. The van der Waals surface area contributed by atoms with Crippen LogP contribution in [0.25, 0.3) is 11.1 Å². The highest BCUT2D eigenvalue weighted by atomic mass is 19.4. The number of amides is 1. The molecular weight excluding hydrogens is 676 g/mol. The lowest BCUT2D eigenvalue weighted by Gasteiger charge is -2.32. The van der Waals surface area contributed by atoms with Crippen LogP contribution in [-0.2, 0) is 15.8 Å². The smallest absolute Gasteiger partial charge is 0.416 e. The second kappa shape index (κ2) is 15.8. The molecular formula is C38H41F6N3O4. The molecule has 1 saturated heterocycles. The molecule has 2 aromatic carbocycles. The van der Waals surface area contributed by atoms with E-state index >= 15 is 8.78 Å². The Morgan fingerprint density at radius 1 is 1.02 bits per heavy atom. The van der Waals surface area contributed by atoms with Gasteiger partial charge >= 0.3 is 12.1 Å². The Balaban J connectivity index is 1.88. The summed E-state index contributed by atoms with van der Waals surface area (Å²) in [6.45, 7) is 8.96. The number of aromatic nitrogens is 1. The Hall–Kier alpha value is -4.57. The Labute approximate surface area is 292 Å². The van der Waals surface area contributed by atoms with Gasteiger partial charge in [0.15, 0.2) is 0 Å². The van der Waals surface area contributed by atoms with E-state index in [0.29, 0.717) is 43.1 Å². The number of aryl methyl sites for hydroxylation is 2. The van der Waals surface area contributed by atoms with Gasteiger partial charge in [-0.2, -0.15) is 13.2 Å². The molecule has 1 aliphatic rings. The molecule has 1 amide bonds. The van der Waals surface area contributed by atoms with Crippen LogP contribution in [0, 0.1) is 49.1 Å². The first-order chi connectivity index (χ1) is 23.8. The molecule has 13 heteroatoms. The Morgan fingerprint density at radius 3 is 2.16 bits per heavy atom. The van der Waals surface area contributed by atoms with Crippen molar-refractivity contribution in [2.75, 3.05) is 20.1 Å². The van der Waals surface area contributed by atoms with Crippen molar-refractivity contribution in [3.63, 3.8) is 0 Å². The highest BCUT2D eigenvalue weighted by molar-refractivity contribution is 5.83. The number of rotatable bonds is 10. The summed E-state index contributed by atoms with van der Waals surface area (Å²) >= 11 is 0. The van der Waals surface area contributed by atoms with Crippen LogP contribution in [0.4, 0.5) is 26.3 Å². The van der Waals surface area contributed by atoms with Crippen molar-refractivity contribution < 1.29 is 41.0 Å². The summed E-state index contributed by atoms with van der Waals surface area (Å²) in [5, 5.41) is 12.2. The van der Waals surface area contributed by atoms with Crippen molar-refractivity contribution in [1.29, 1.82) is 0 Å². The van der Waals surface area contributed by atoms with E-state index in [1.807, 2.05) is 11.9 Å². The summed E-state index contributed by atoms with van der Waals surface area (Å²) in [5.74, 6) is -1.20. The molecule has 0 saturated carbocycles. The number of pyridine rings is 1. The highest BCUT2D eigenvalue weighted by Crippen LogP contribution is 2.40. The Kier molecular flexibility index (Phi) is 12.1. The number of carbonyl (C=O) groups excluding carboxylic acids is 1. The molecule has 0 aliphatic carbocycles. The van der Waals surface area contributed by atoms with Crippen LogP contribution in [0.5, 0.6) is 0 Å². The molecule has 3 aromatic rings. The second-order valence-electron chi connectivity index (χ2n) is 13.6. The zero-order valence-corrected chi connectivity index (χ0v) is 29.3. The fraction of sp³-hybridized carbons (Fsp3) is 0.447. The van der Waals surface area contributed by atoms with E-state index < -0.39 is 76.6 Å². The van der Waals surface area contributed by atoms with Crippen molar-refractivity contribution in [3.8, 4) is 23.0 Å². The van der Waals surface area contributed by atoms with Crippen LogP contribution >= 0.6 is 0 Å². The number of alkyl halides is 3. The normalized spacial score (nSPS) is 15.3. The number of nitrogens with one attached hydrogen (secondary N) is 1. The zero-order chi connectivity index (χ0) is 37.9. The van der Waals surface area contributed by atoms with Gasteiger partial charge in [0.25, 0.3) is 5.56 Å². The second-order valence-corrected chi connectivity index (χ2v) is 13.6. The van der Waals surface area contributed by atoms with Crippen molar-refractivity contribution in [3.05, 3.63) is 91.6 Å². The molecule has 2 atom stereocenters. The summed E-state index contributed by atoms with van der Waals surface area (Å²) in [6, 6.07) is 0.402. The molecule has 274 valence electrons. The molecule has 4 rings (SSSR count). The van der Waals surface area contributed by atoms with E-state index in [1.54, 1.807) is 13.8 Å². The zero-order valence-electron chi connectivity index (χ0n) is 29.3. The van der Waals surface area contributed by atoms with Crippen molar-refractivity contribution in [2.24, 2.45) is 5.92 Å². The van der Waals surface area contributed by atoms with Gasteiger partial charge in [-0.15, -0.1) is 5.92 Å². The van der Waals surface area contributed by atoms with Crippen molar-refractivity contribution in [1.82, 2.24) is 14.8 Å².